The molecule has 0 saturated heterocycles. The maximum absolute atomic E-state index is 12.5. The molecule has 2 rings (SSSR count). The van der Waals surface area contributed by atoms with E-state index >= 15 is 0 Å². The molecule has 2 atom stereocenters. The van der Waals surface area contributed by atoms with Crippen LogP contribution in [0.2, 0.25) is 5.15 Å². The second kappa shape index (κ2) is 7.19. The van der Waals surface area contributed by atoms with Crippen LogP contribution in [-0.2, 0) is 17.4 Å². The molecule has 1 aromatic heterocycles. The first-order chi connectivity index (χ1) is 11.2. The minimum atomic E-state index is -4.46. The number of pyridine rings is 1. The fraction of sp³-hybridized carbons (Fsp3) is 0.250. The summed E-state index contributed by atoms with van der Waals surface area (Å²) >= 11 is 5.64. The van der Waals surface area contributed by atoms with Crippen molar-refractivity contribution in [3.8, 4) is 0 Å². The van der Waals surface area contributed by atoms with Gasteiger partial charge in [-0.1, -0.05) is 29.8 Å². The minimum absolute atomic E-state index is 0.128. The van der Waals surface area contributed by atoms with Crippen molar-refractivity contribution in [1.82, 2.24) is 4.98 Å². The van der Waals surface area contributed by atoms with Gasteiger partial charge in [-0.3, -0.25) is 4.79 Å². The van der Waals surface area contributed by atoms with Crippen LogP contribution in [0, 0.1) is 5.92 Å². The lowest BCUT2D eigenvalue weighted by atomic mass is 9.90. The number of hydrogen-bond donors (Lipinski definition) is 2. The van der Waals surface area contributed by atoms with E-state index < -0.39 is 29.7 Å². The average Bonchev–Trinajstić information content (AvgIpc) is 2.52. The fourth-order valence-corrected chi connectivity index (χ4v) is 2.32. The first-order valence-corrected chi connectivity index (χ1v) is 7.24. The van der Waals surface area contributed by atoms with Gasteiger partial charge in [-0.25, -0.2) is 4.98 Å². The Balaban J connectivity index is 2.19. The molecule has 0 spiro atoms. The highest BCUT2D eigenvalue weighted by molar-refractivity contribution is 6.29. The number of aromatic nitrogens is 1. The number of aliphatic hydroxyl groups excluding tert-OH is 1. The number of alkyl halides is 3. The number of carbonyl (C=O) groups is 1. The van der Waals surface area contributed by atoms with Gasteiger partial charge in [-0.2, -0.15) is 13.2 Å². The van der Waals surface area contributed by atoms with Crippen molar-refractivity contribution in [2.24, 2.45) is 5.92 Å². The number of carboxylic acid groups (broad SMARTS) is 1. The average molecular weight is 360 g/mol. The molecule has 0 amide bonds. The zero-order valence-electron chi connectivity index (χ0n) is 12.2. The molecular weight excluding hydrogens is 347 g/mol. The Kier molecular flexibility index (Phi) is 5.46. The van der Waals surface area contributed by atoms with E-state index in [1.54, 1.807) is 0 Å². The van der Waals surface area contributed by atoms with E-state index in [1.165, 1.54) is 30.5 Å². The summed E-state index contributed by atoms with van der Waals surface area (Å²) in [6, 6.07) is 7.02. The number of aliphatic carboxylic acids is 1. The van der Waals surface area contributed by atoms with Crippen LogP contribution in [0.4, 0.5) is 13.2 Å². The van der Waals surface area contributed by atoms with Gasteiger partial charge in [-0.05, 0) is 35.7 Å². The van der Waals surface area contributed by atoms with Crippen molar-refractivity contribution in [3.63, 3.8) is 0 Å². The molecule has 1 heterocycles. The largest absolute Gasteiger partial charge is 0.481 e. The first kappa shape index (κ1) is 18.2. The topological polar surface area (TPSA) is 70.4 Å². The maximum atomic E-state index is 12.5. The SMILES string of the molecule is O=C(O)C(Cc1ccc(C(F)(F)F)cc1)C(O)c1ccc(Cl)nc1. The number of hydrogen-bond acceptors (Lipinski definition) is 3. The molecule has 4 nitrogen and oxygen atoms in total. The molecule has 24 heavy (non-hydrogen) atoms. The van der Waals surface area contributed by atoms with Gasteiger partial charge in [0.15, 0.2) is 0 Å². The summed E-state index contributed by atoms with van der Waals surface area (Å²) in [7, 11) is 0. The van der Waals surface area contributed by atoms with Crippen LogP contribution in [0.15, 0.2) is 42.6 Å². The summed E-state index contributed by atoms with van der Waals surface area (Å²) in [6.07, 6.45) is -4.69. The lowest BCUT2D eigenvalue weighted by Crippen LogP contribution is -2.24. The van der Waals surface area contributed by atoms with Gasteiger partial charge < -0.3 is 10.2 Å². The summed E-state index contributed by atoms with van der Waals surface area (Å²) in [5.41, 5.74) is -0.185. The number of aliphatic hydroxyl groups is 1. The van der Waals surface area contributed by atoms with Crippen molar-refractivity contribution >= 4 is 17.6 Å². The zero-order chi connectivity index (χ0) is 17.9. The van der Waals surface area contributed by atoms with Crippen molar-refractivity contribution in [1.29, 1.82) is 0 Å². The molecule has 2 aromatic rings. The highest BCUT2D eigenvalue weighted by Gasteiger charge is 2.31. The van der Waals surface area contributed by atoms with E-state index in [0.29, 0.717) is 5.56 Å². The van der Waals surface area contributed by atoms with Crippen molar-refractivity contribution in [2.75, 3.05) is 0 Å². The van der Waals surface area contributed by atoms with Gasteiger partial charge in [0.25, 0.3) is 0 Å². The Morgan fingerprint density at radius 3 is 2.25 bits per heavy atom. The second-order valence-electron chi connectivity index (χ2n) is 5.20. The summed E-state index contributed by atoms with van der Waals surface area (Å²) in [5.74, 6) is -2.50. The molecule has 0 aliphatic rings. The molecule has 0 aliphatic heterocycles. The smallest absolute Gasteiger partial charge is 0.416 e. The minimum Gasteiger partial charge on any atom is -0.481 e. The molecular formula is C16H13ClF3NO3. The fourth-order valence-electron chi connectivity index (χ4n) is 2.21. The number of nitrogens with zero attached hydrogens (tertiary/aromatic N) is 1. The summed E-state index contributed by atoms with van der Waals surface area (Å²) in [6.45, 7) is 0. The molecule has 0 bridgehead atoms. The monoisotopic (exact) mass is 359 g/mol. The standard InChI is InChI=1S/C16H13ClF3NO3/c17-13-6-3-10(8-21-13)14(22)12(15(23)24)7-9-1-4-11(5-2-9)16(18,19)20/h1-6,8,12,14,22H,7H2,(H,23,24). The molecule has 2 unspecified atom stereocenters. The molecule has 0 aliphatic carbocycles. The molecule has 0 radical (unpaired) electrons. The Bertz CT molecular complexity index is 702. The number of rotatable bonds is 5. The van der Waals surface area contributed by atoms with E-state index in [0.717, 1.165) is 12.1 Å². The second-order valence-corrected chi connectivity index (χ2v) is 5.59. The Morgan fingerprint density at radius 1 is 1.17 bits per heavy atom. The van der Waals surface area contributed by atoms with Crippen LogP contribution in [-0.4, -0.2) is 21.2 Å². The lowest BCUT2D eigenvalue weighted by molar-refractivity contribution is -0.146. The summed E-state index contributed by atoms with van der Waals surface area (Å²) < 4.78 is 37.6. The first-order valence-electron chi connectivity index (χ1n) is 6.87. The van der Waals surface area contributed by atoms with Gasteiger partial charge in [0.05, 0.1) is 17.6 Å². The van der Waals surface area contributed by atoms with Crippen LogP contribution >= 0.6 is 11.6 Å². The molecule has 2 N–H and O–H groups in total. The molecule has 8 heteroatoms. The number of halogens is 4. The van der Waals surface area contributed by atoms with Gasteiger partial charge in [0.2, 0.25) is 0 Å². The van der Waals surface area contributed by atoms with Crippen molar-refractivity contribution in [2.45, 2.75) is 18.7 Å². The van der Waals surface area contributed by atoms with Gasteiger partial charge >= 0.3 is 12.1 Å². The third kappa shape index (κ3) is 4.46. The van der Waals surface area contributed by atoms with E-state index in [-0.39, 0.29) is 17.1 Å². The molecule has 1 aromatic carbocycles. The van der Waals surface area contributed by atoms with Crippen molar-refractivity contribution in [3.05, 3.63) is 64.4 Å². The lowest BCUT2D eigenvalue weighted by Gasteiger charge is -2.19. The predicted octanol–water partition coefficient (Wildman–Crippen LogP) is 3.73. The van der Waals surface area contributed by atoms with Crippen LogP contribution in [0.1, 0.15) is 22.8 Å². The number of benzene rings is 1. The Hall–Kier alpha value is -2.12. The van der Waals surface area contributed by atoms with E-state index in [9.17, 15) is 28.2 Å². The third-order valence-electron chi connectivity index (χ3n) is 3.53. The highest BCUT2D eigenvalue weighted by Crippen LogP contribution is 2.30. The van der Waals surface area contributed by atoms with E-state index in [1.807, 2.05) is 0 Å². The van der Waals surface area contributed by atoms with Gasteiger partial charge in [0.1, 0.15) is 5.15 Å². The van der Waals surface area contributed by atoms with Crippen molar-refractivity contribution < 1.29 is 28.2 Å². The highest BCUT2D eigenvalue weighted by atomic mass is 35.5. The van der Waals surface area contributed by atoms with E-state index in [4.69, 9.17) is 11.6 Å². The van der Waals surface area contributed by atoms with Crippen LogP contribution in [0.3, 0.4) is 0 Å². The van der Waals surface area contributed by atoms with Crippen LogP contribution in [0.5, 0.6) is 0 Å². The number of carboxylic acids is 1. The van der Waals surface area contributed by atoms with E-state index in [2.05, 4.69) is 4.98 Å². The zero-order valence-corrected chi connectivity index (χ0v) is 12.9. The van der Waals surface area contributed by atoms with Crippen LogP contribution < -0.4 is 0 Å². The normalized spacial score (nSPS) is 14.2. The third-order valence-corrected chi connectivity index (χ3v) is 3.75. The quantitative estimate of drug-likeness (QED) is 0.798. The molecule has 128 valence electrons. The van der Waals surface area contributed by atoms with Gasteiger partial charge in [0, 0.05) is 6.20 Å². The Labute approximate surface area is 140 Å². The van der Waals surface area contributed by atoms with Crippen LogP contribution in [0.25, 0.3) is 0 Å². The maximum Gasteiger partial charge on any atom is 0.416 e. The van der Waals surface area contributed by atoms with Gasteiger partial charge in [-0.15, -0.1) is 0 Å². The Morgan fingerprint density at radius 2 is 1.79 bits per heavy atom. The summed E-state index contributed by atoms with van der Waals surface area (Å²) in [5, 5.41) is 19.8. The summed E-state index contributed by atoms with van der Waals surface area (Å²) in [4.78, 5) is 15.2. The molecule has 0 fully saturated rings. The predicted molar refractivity (Wildman–Crippen MR) is 80.5 cm³/mol. The molecule has 0 saturated carbocycles.